The second-order valence-electron chi connectivity index (χ2n) is 3.18. The lowest BCUT2D eigenvalue weighted by atomic mass is 10.4. The summed E-state index contributed by atoms with van der Waals surface area (Å²) >= 11 is 0. The van der Waals surface area contributed by atoms with E-state index in [-0.39, 0.29) is 5.91 Å². The molecule has 0 bridgehead atoms. The number of nitriles is 1. The van der Waals surface area contributed by atoms with Crippen molar-refractivity contribution in [1.82, 2.24) is 9.80 Å². The lowest BCUT2D eigenvalue weighted by molar-refractivity contribution is -0.131. The van der Waals surface area contributed by atoms with Gasteiger partial charge in [-0.25, -0.2) is 0 Å². The van der Waals surface area contributed by atoms with Gasteiger partial charge in [0, 0.05) is 13.6 Å². The molecule has 0 aromatic heterocycles. The molecule has 0 saturated carbocycles. The van der Waals surface area contributed by atoms with Gasteiger partial charge in [0.1, 0.15) is 0 Å². The molecule has 0 aromatic carbocycles. The normalized spacial score (nSPS) is 9.93. The third-order valence-corrected chi connectivity index (χ3v) is 2.24. The van der Waals surface area contributed by atoms with Crippen molar-refractivity contribution < 1.29 is 4.79 Å². The Morgan fingerprint density at radius 2 is 1.93 bits per heavy atom. The van der Waals surface area contributed by atoms with Crippen LogP contribution in [0.3, 0.4) is 0 Å². The van der Waals surface area contributed by atoms with Crippen LogP contribution in [0.25, 0.3) is 0 Å². The molecule has 4 heteroatoms. The van der Waals surface area contributed by atoms with Crippen molar-refractivity contribution >= 4 is 5.91 Å². The van der Waals surface area contributed by atoms with Crippen LogP contribution in [-0.4, -0.2) is 48.9 Å². The summed E-state index contributed by atoms with van der Waals surface area (Å²) in [5.41, 5.74) is 0. The summed E-state index contributed by atoms with van der Waals surface area (Å²) < 4.78 is 0. The van der Waals surface area contributed by atoms with Gasteiger partial charge in [0.25, 0.3) is 0 Å². The highest BCUT2D eigenvalue weighted by atomic mass is 16.2. The number of amides is 1. The Labute approximate surface area is 86.1 Å². The molecule has 14 heavy (non-hydrogen) atoms. The van der Waals surface area contributed by atoms with Crippen LogP contribution >= 0.6 is 0 Å². The van der Waals surface area contributed by atoms with Crippen molar-refractivity contribution in [2.24, 2.45) is 0 Å². The van der Waals surface area contributed by atoms with E-state index in [1.54, 1.807) is 11.9 Å². The second-order valence-corrected chi connectivity index (χ2v) is 3.18. The maximum atomic E-state index is 11.6. The number of likely N-dealkylation sites (N-methyl/N-ethyl adjacent to an activating group) is 2. The highest BCUT2D eigenvalue weighted by Gasteiger charge is 2.11. The quantitative estimate of drug-likeness (QED) is 0.629. The Hall–Kier alpha value is -1.08. The maximum Gasteiger partial charge on any atom is 0.236 e. The van der Waals surface area contributed by atoms with Gasteiger partial charge in [0.2, 0.25) is 5.91 Å². The van der Waals surface area contributed by atoms with Gasteiger partial charge < -0.3 is 4.90 Å². The van der Waals surface area contributed by atoms with Gasteiger partial charge in [-0.1, -0.05) is 13.8 Å². The summed E-state index contributed by atoms with van der Waals surface area (Å²) in [6.45, 7) is 6.81. The average Bonchev–Trinajstić information content (AvgIpc) is 2.21. The molecule has 0 fully saturated rings. The zero-order valence-corrected chi connectivity index (χ0v) is 9.29. The minimum absolute atomic E-state index is 0.0870. The van der Waals surface area contributed by atoms with Gasteiger partial charge in [-0.3, -0.25) is 9.69 Å². The molecule has 4 nitrogen and oxygen atoms in total. The highest BCUT2D eigenvalue weighted by molar-refractivity contribution is 5.77. The smallest absolute Gasteiger partial charge is 0.236 e. The minimum atomic E-state index is 0.0870. The van der Waals surface area contributed by atoms with Crippen molar-refractivity contribution in [3.8, 4) is 6.07 Å². The predicted molar refractivity (Wildman–Crippen MR) is 55.7 cm³/mol. The topological polar surface area (TPSA) is 47.3 Å². The number of hydrogen-bond acceptors (Lipinski definition) is 3. The SMILES string of the molecule is CCN(CC)CC(=O)N(C)CCC#N. The highest BCUT2D eigenvalue weighted by Crippen LogP contribution is 1.92. The van der Waals surface area contributed by atoms with Crippen LogP contribution < -0.4 is 0 Å². The molecule has 80 valence electrons. The maximum absolute atomic E-state index is 11.6. The number of rotatable bonds is 6. The molecular weight excluding hydrogens is 178 g/mol. The van der Waals surface area contributed by atoms with Crippen LogP contribution in [0.2, 0.25) is 0 Å². The van der Waals surface area contributed by atoms with Crippen molar-refractivity contribution in [2.45, 2.75) is 20.3 Å². The first-order valence-electron chi connectivity index (χ1n) is 4.98. The molecule has 0 aliphatic heterocycles. The predicted octanol–water partition coefficient (Wildman–Crippen LogP) is 0.700. The van der Waals surface area contributed by atoms with Crippen LogP contribution in [0.5, 0.6) is 0 Å². The van der Waals surface area contributed by atoms with Gasteiger partial charge in [-0.15, -0.1) is 0 Å². The fraction of sp³-hybridized carbons (Fsp3) is 0.800. The number of carbonyl (C=O) groups is 1. The summed E-state index contributed by atoms with van der Waals surface area (Å²) in [6.07, 6.45) is 0.403. The van der Waals surface area contributed by atoms with Crippen LogP contribution in [-0.2, 0) is 4.79 Å². The van der Waals surface area contributed by atoms with E-state index in [0.29, 0.717) is 19.5 Å². The molecular formula is C10H19N3O. The average molecular weight is 197 g/mol. The first kappa shape index (κ1) is 12.9. The van der Waals surface area contributed by atoms with E-state index in [0.717, 1.165) is 13.1 Å². The third-order valence-electron chi connectivity index (χ3n) is 2.24. The molecule has 0 radical (unpaired) electrons. The first-order chi connectivity index (χ1) is 6.65. The van der Waals surface area contributed by atoms with E-state index >= 15 is 0 Å². The Bertz CT molecular complexity index is 206. The Morgan fingerprint density at radius 3 is 2.36 bits per heavy atom. The largest absolute Gasteiger partial charge is 0.344 e. The van der Waals surface area contributed by atoms with Crippen LogP contribution in [0.4, 0.5) is 0 Å². The Morgan fingerprint density at radius 1 is 1.36 bits per heavy atom. The van der Waals surface area contributed by atoms with Gasteiger partial charge in [0.15, 0.2) is 0 Å². The summed E-state index contributed by atoms with van der Waals surface area (Å²) in [6, 6.07) is 2.03. The fourth-order valence-corrected chi connectivity index (χ4v) is 1.10. The molecule has 0 aliphatic rings. The van der Waals surface area contributed by atoms with Gasteiger partial charge in [-0.05, 0) is 13.1 Å². The van der Waals surface area contributed by atoms with E-state index in [4.69, 9.17) is 5.26 Å². The molecule has 0 atom stereocenters. The second kappa shape index (κ2) is 7.34. The molecule has 1 amide bonds. The zero-order valence-electron chi connectivity index (χ0n) is 9.29. The minimum Gasteiger partial charge on any atom is -0.344 e. The number of carbonyl (C=O) groups excluding carboxylic acids is 1. The molecule has 0 aromatic rings. The van der Waals surface area contributed by atoms with E-state index in [2.05, 4.69) is 4.90 Å². The Balaban J connectivity index is 3.88. The van der Waals surface area contributed by atoms with Crippen LogP contribution in [0.15, 0.2) is 0 Å². The molecule has 0 rings (SSSR count). The van der Waals surface area contributed by atoms with E-state index in [1.807, 2.05) is 19.9 Å². The lowest BCUT2D eigenvalue weighted by Gasteiger charge is -2.21. The fourth-order valence-electron chi connectivity index (χ4n) is 1.10. The summed E-state index contributed by atoms with van der Waals surface area (Å²) in [4.78, 5) is 15.2. The van der Waals surface area contributed by atoms with E-state index in [1.165, 1.54) is 0 Å². The monoisotopic (exact) mass is 197 g/mol. The van der Waals surface area contributed by atoms with Gasteiger partial charge in [0.05, 0.1) is 19.0 Å². The van der Waals surface area contributed by atoms with E-state index < -0.39 is 0 Å². The van der Waals surface area contributed by atoms with Gasteiger partial charge >= 0.3 is 0 Å². The molecule has 0 aliphatic carbocycles. The summed E-state index contributed by atoms with van der Waals surface area (Å²) in [5, 5.41) is 8.37. The van der Waals surface area contributed by atoms with E-state index in [9.17, 15) is 4.79 Å². The van der Waals surface area contributed by atoms with Crippen molar-refractivity contribution in [1.29, 1.82) is 5.26 Å². The van der Waals surface area contributed by atoms with Crippen LogP contribution in [0.1, 0.15) is 20.3 Å². The Kier molecular flexibility index (Phi) is 6.77. The third kappa shape index (κ3) is 4.83. The van der Waals surface area contributed by atoms with Gasteiger partial charge in [-0.2, -0.15) is 5.26 Å². The zero-order chi connectivity index (χ0) is 11.0. The first-order valence-corrected chi connectivity index (χ1v) is 4.98. The number of hydrogen-bond donors (Lipinski definition) is 0. The van der Waals surface area contributed by atoms with Crippen molar-refractivity contribution in [3.63, 3.8) is 0 Å². The lowest BCUT2D eigenvalue weighted by Crippen LogP contribution is -2.38. The summed E-state index contributed by atoms with van der Waals surface area (Å²) in [7, 11) is 1.74. The molecule has 0 spiro atoms. The summed E-state index contributed by atoms with van der Waals surface area (Å²) in [5.74, 6) is 0.0870. The van der Waals surface area contributed by atoms with Crippen molar-refractivity contribution in [2.75, 3.05) is 33.2 Å². The number of nitrogens with zero attached hydrogens (tertiary/aromatic N) is 3. The van der Waals surface area contributed by atoms with Crippen LogP contribution in [0, 0.1) is 11.3 Å². The molecule has 0 N–H and O–H groups in total. The molecule has 0 saturated heterocycles. The van der Waals surface area contributed by atoms with Crippen molar-refractivity contribution in [3.05, 3.63) is 0 Å². The molecule has 0 heterocycles. The molecule has 0 unspecified atom stereocenters. The standard InChI is InChI=1S/C10H19N3O/c1-4-13(5-2)9-10(14)12(3)8-6-7-11/h4-6,8-9H2,1-3H3.